The minimum absolute atomic E-state index is 0.192. The average Bonchev–Trinajstić information content (AvgIpc) is 2.37. The summed E-state index contributed by atoms with van der Waals surface area (Å²) in [7, 11) is -4.15. The minimum atomic E-state index is -4.15. The lowest BCUT2D eigenvalue weighted by atomic mass is 10.3. The van der Waals surface area contributed by atoms with Crippen molar-refractivity contribution in [3.8, 4) is 0 Å². The molecule has 0 amide bonds. The third kappa shape index (κ3) is 7.35. The summed E-state index contributed by atoms with van der Waals surface area (Å²) < 4.78 is 21.5. The molecular formula is C11H19N2O7P. The first kappa shape index (κ1) is 17.8. The monoisotopic (exact) mass is 322 g/mol. The number of aryl methyl sites for hydroxylation is 2. The summed E-state index contributed by atoms with van der Waals surface area (Å²) in [6, 6.07) is 0. The molecule has 1 aromatic heterocycles. The Morgan fingerprint density at radius 1 is 1.29 bits per heavy atom. The van der Waals surface area contributed by atoms with Gasteiger partial charge in [-0.3, -0.25) is 14.3 Å². The summed E-state index contributed by atoms with van der Waals surface area (Å²) in [5.41, 5.74) is -0.366. The molecular weight excluding hydrogens is 303 g/mol. The summed E-state index contributed by atoms with van der Waals surface area (Å²) in [6.45, 7) is 2.22. The summed E-state index contributed by atoms with van der Waals surface area (Å²) in [6.07, 6.45) is 2.14. The fourth-order valence-corrected chi connectivity index (χ4v) is 1.86. The number of aromatic amines is 1. The van der Waals surface area contributed by atoms with Gasteiger partial charge in [0.25, 0.3) is 5.56 Å². The number of hydrogen-bond acceptors (Lipinski definition) is 5. The van der Waals surface area contributed by atoms with Gasteiger partial charge in [-0.25, -0.2) is 4.79 Å². The highest BCUT2D eigenvalue weighted by Gasteiger charge is 2.11. The molecule has 120 valence electrons. The maximum absolute atomic E-state index is 11.5. The molecule has 0 aromatic carbocycles. The molecule has 0 radical (unpaired) electrons. The zero-order valence-electron chi connectivity index (χ0n) is 11.7. The molecule has 1 rings (SSSR count). The number of nitrogens with one attached hydrogen (secondary N) is 1. The molecule has 10 heteroatoms. The van der Waals surface area contributed by atoms with Crippen LogP contribution in [0.3, 0.4) is 0 Å². The third-order valence-electron chi connectivity index (χ3n) is 2.55. The molecule has 0 atom stereocenters. The Morgan fingerprint density at radius 2 is 2.00 bits per heavy atom. The lowest BCUT2D eigenvalue weighted by Crippen LogP contribution is -2.30. The van der Waals surface area contributed by atoms with Crippen molar-refractivity contribution in [3.05, 3.63) is 32.6 Å². The predicted molar refractivity (Wildman–Crippen MR) is 74.1 cm³/mol. The van der Waals surface area contributed by atoms with E-state index in [0.29, 0.717) is 31.6 Å². The van der Waals surface area contributed by atoms with Crippen molar-refractivity contribution >= 4 is 7.60 Å². The van der Waals surface area contributed by atoms with Crippen molar-refractivity contribution in [1.82, 2.24) is 9.55 Å². The van der Waals surface area contributed by atoms with Crippen molar-refractivity contribution in [2.75, 3.05) is 19.7 Å². The van der Waals surface area contributed by atoms with Crippen LogP contribution >= 0.6 is 7.60 Å². The number of rotatable bonds is 9. The summed E-state index contributed by atoms with van der Waals surface area (Å²) in [5, 5.41) is 0. The number of aromatic nitrogens is 2. The molecule has 3 N–H and O–H groups in total. The number of nitrogens with zero attached hydrogens (tertiary/aromatic N) is 1. The second-order valence-electron chi connectivity index (χ2n) is 4.50. The van der Waals surface area contributed by atoms with Gasteiger partial charge in [0.15, 0.2) is 6.35 Å². The van der Waals surface area contributed by atoms with E-state index in [0.717, 1.165) is 0 Å². The molecule has 0 saturated heterocycles. The Hall–Kier alpha value is -1.25. The lowest BCUT2D eigenvalue weighted by Gasteiger charge is -2.08. The number of ether oxygens (including phenoxy) is 2. The largest absolute Gasteiger partial charge is 0.355 e. The summed E-state index contributed by atoms with van der Waals surface area (Å²) in [4.78, 5) is 41.9. The van der Waals surface area contributed by atoms with Crippen LogP contribution in [-0.4, -0.2) is 39.1 Å². The van der Waals surface area contributed by atoms with Crippen LogP contribution in [0.25, 0.3) is 0 Å². The topological polar surface area (TPSA) is 131 Å². The van der Waals surface area contributed by atoms with Gasteiger partial charge in [0.05, 0.1) is 0 Å². The van der Waals surface area contributed by atoms with Gasteiger partial charge in [-0.1, -0.05) is 0 Å². The molecule has 0 bridgehead atoms. The van der Waals surface area contributed by atoms with Crippen LogP contribution in [0.15, 0.2) is 15.8 Å². The molecule has 21 heavy (non-hydrogen) atoms. The van der Waals surface area contributed by atoms with Crippen LogP contribution in [0.2, 0.25) is 0 Å². The summed E-state index contributed by atoms with van der Waals surface area (Å²) in [5.74, 6) is 0. The van der Waals surface area contributed by atoms with Crippen LogP contribution in [0.4, 0.5) is 0 Å². The van der Waals surface area contributed by atoms with E-state index in [9.17, 15) is 14.2 Å². The zero-order valence-corrected chi connectivity index (χ0v) is 12.5. The fraction of sp³-hybridized carbons (Fsp3) is 0.636. The van der Waals surface area contributed by atoms with E-state index in [1.807, 2.05) is 0 Å². The van der Waals surface area contributed by atoms with E-state index >= 15 is 0 Å². The van der Waals surface area contributed by atoms with Gasteiger partial charge in [-0.15, -0.1) is 0 Å². The molecule has 1 aromatic rings. The molecule has 0 spiro atoms. The van der Waals surface area contributed by atoms with Crippen molar-refractivity contribution in [1.29, 1.82) is 0 Å². The van der Waals surface area contributed by atoms with Crippen LogP contribution in [0, 0.1) is 6.92 Å². The maximum atomic E-state index is 11.5. The van der Waals surface area contributed by atoms with E-state index in [1.165, 1.54) is 10.8 Å². The number of H-pyrrole nitrogens is 1. The second kappa shape index (κ2) is 8.26. The van der Waals surface area contributed by atoms with Crippen molar-refractivity contribution in [3.63, 3.8) is 0 Å². The zero-order chi connectivity index (χ0) is 15.9. The Morgan fingerprint density at radius 3 is 2.67 bits per heavy atom. The van der Waals surface area contributed by atoms with Crippen LogP contribution in [-0.2, 0) is 20.6 Å². The first-order valence-corrected chi connectivity index (χ1v) is 8.10. The Bertz CT molecular complexity index is 603. The number of unbranched alkanes of at least 4 members (excludes halogenated alkanes) is 1. The summed E-state index contributed by atoms with van der Waals surface area (Å²) >= 11 is 0. The lowest BCUT2D eigenvalue weighted by molar-refractivity contribution is -0.0429. The third-order valence-corrected chi connectivity index (χ3v) is 3.07. The van der Waals surface area contributed by atoms with Gasteiger partial charge < -0.3 is 23.8 Å². The Balaban J connectivity index is 2.18. The van der Waals surface area contributed by atoms with Gasteiger partial charge in [-0.2, -0.15) is 0 Å². The molecule has 0 saturated carbocycles. The molecule has 9 nitrogen and oxygen atoms in total. The average molecular weight is 322 g/mol. The fourth-order valence-electron chi connectivity index (χ4n) is 1.54. The highest BCUT2D eigenvalue weighted by molar-refractivity contribution is 7.51. The smallest absolute Gasteiger partial charge is 0.351 e. The highest BCUT2D eigenvalue weighted by atomic mass is 31.2. The minimum Gasteiger partial charge on any atom is -0.355 e. The van der Waals surface area contributed by atoms with E-state index < -0.39 is 19.6 Å². The number of hydrogen-bond donors (Lipinski definition) is 3. The van der Waals surface area contributed by atoms with Gasteiger partial charge in [0.2, 0.25) is 0 Å². The molecule has 0 aliphatic heterocycles. The van der Waals surface area contributed by atoms with Crippen molar-refractivity contribution in [2.45, 2.75) is 26.3 Å². The Kier molecular flexibility index (Phi) is 7.00. The molecule has 1 heterocycles. The molecule has 0 unspecified atom stereocenters. The SMILES string of the molecule is Cc1cn(CCCCOCOCP(=O)(O)O)c(=O)[nH]c1=O. The first-order valence-electron chi connectivity index (χ1n) is 6.30. The molecule has 0 aliphatic carbocycles. The van der Waals surface area contributed by atoms with Crippen molar-refractivity contribution in [2.24, 2.45) is 0 Å². The normalized spacial score (nSPS) is 11.8. The van der Waals surface area contributed by atoms with Gasteiger partial charge >= 0.3 is 13.3 Å². The van der Waals surface area contributed by atoms with Crippen LogP contribution < -0.4 is 11.2 Å². The molecule has 0 aliphatic rings. The van der Waals surface area contributed by atoms with Gasteiger partial charge in [-0.05, 0) is 19.8 Å². The van der Waals surface area contributed by atoms with Crippen molar-refractivity contribution < 1.29 is 23.8 Å². The van der Waals surface area contributed by atoms with Gasteiger partial charge in [0.1, 0.15) is 6.79 Å². The van der Waals surface area contributed by atoms with E-state index in [1.54, 1.807) is 6.92 Å². The van der Waals surface area contributed by atoms with Crippen LogP contribution in [0.5, 0.6) is 0 Å². The quantitative estimate of drug-likeness (QED) is 0.324. The van der Waals surface area contributed by atoms with Gasteiger partial charge in [0, 0.05) is 24.9 Å². The predicted octanol–water partition coefficient (Wildman–Crippen LogP) is -0.249. The second-order valence-corrected chi connectivity index (χ2v) is 6.08. The Labute approximate surface area is 120 Å². The highest BCUT2D eigenvalue weighted by Crippen LogP contribution is 2.33. The standard InChI is InChI=1S/C11H19N2O7P/c1-9-6-13(11(15)12-10(9)14)4-2-3-5-19-7-20-8-21(16,17)18/h6H,2-5,7-8H2,1H3,(H,12,14,15)(H2,16,17,18). The first-order chi connectivity index (χ1) is 9.79. The molecule has 0 fully saturated rings. The van der Waals surface area contributed by atoms with E-state index in [2.05, 4.69) is 9.72 Å². The maximum Gasteiger partial charge on any atom is 0.351 e. The van der Waals surface area contributed by atoms with Crippen LogP contribution in [0.1, 0.15) is 18.4 Å². The van der Waals surface area contributed by atoms with E-state index in [4.69, 9.17) is 14.5 Å². The van der Waals surface area contributed by atoms with E-state index in [-0.39, 0.29) is 12.4 Å².